The van der Waals surface area contributed by atoms with Crippen molar-refractivity contribution in [2.24, 2.45) is 0 Å². The first-order chi connectivity index (χ1) is 21.9. The number of likely N-dealkylation sites (N-methyl/N-ethyl adjacent to an activating group) is 1. The summed E-state index contributed by atoms with van der Waals surface area (Å²) in [4.78, 5) is 17.3. The molecular formula is C38H49BrN2O5. The van der Waals surface area contributed by atoms with E-state index in [9.17, 15) is 15.0 Å². The van der Waals surface area contributed by atoms with Crippen molar-refractivity contribution in [2.45, 2.75) is 95.7 Å². The van der Waals surface area contributed by atoms with Crippen LogP contribution in [-0.4, -0.2) is 64.9 Å². The van der Waals surface area contributed by atoms with Gasteiger partial charge in [0.25, 0.3) is 0 Å². The third-order valence-corrected chi connectivity index (χ3v) is 10.7. The zero-order valence-corrected chi connectivity index (χ0v) is 29.1. The van der Waals surface area contributed by atoms with Crippen molar-refractivity contribution in [1.82, 2.24) is 9.80 Å². The molecule has 1 amide bonds. The summed E-state index contributed by atoms with van der Waals surface area (Å²) in [5, 5.41) is 19.6. The van der Waals surface area contributed by atoms with Crippen molar-refractivity contribution in [3.05, 3.63) is 88.0 Å². The number of methoxy groups -OCH3 is 1. The van der Waals surface area contributed by atoms with Crippen LogP contribution in [0.3, 0.4) is 0 Å². The van der Waals surface area contributed by atoms with E-state index in [0.717, 1.165) is 68.5 Å². The number of hydrogen-bond donors (Lipinski definition) is 2. The second kappa shape index (κ2) is 15.1. The summed E-state index contributed by atoms with van der Waals surface area (Å²) in [6.07, 6.45) is 8.28. The maximum Gasteiger partial charge on any atom is 0.410 e. The van der Waals surface area contributed by atoms with Crippen LogP contribution < -0.4 is 4.74 Å². The average molecular weight is 694 g/mol. The lowest BCUT2D eigenvalue weighted by molar-refractivity contribution is 0.0566. The van der Waals surface area contributed by atoms with E-state index in [1.807, 2.05) is 41.3 Å². The highest BCUT2D eigenvalue weighted by Crippen LogP contribution is 2.46. The van der Waals surface area contributed by atoms with Crippen LogP contribution in [0.25, 0.3) is 0 Å². The topological polar surface area (TPSA) is 82.5 Å². The molecular weight excluding hydrogens is 644 g/mol. The van der Waals surface area contributed by atoms with E-state index in [-0.39, 0.29) is 40.6 Å². The lowest BCUT2D eigenvalue weighted by Gasteiger charge is -2.44. The molecule has 4 atom stereocenters. The van der Waals surface area contributed by atoms with E-state index in [2.05, 4.69) is 30.9 Å². The molecule has 2 fully saturated rings. The molecule has 0 saturated carbocycles. The number of likely N-dealkylation sites (tertiary alicyclic amines) is 2. The molecule has 3 aromatic rings. The lowest BCUT2D eigenvalue weighted by Crippen LogP contribution is -2.49. The fraction of sp³-hybridized carbons (Fsp3) is 0.500. The third kappa shape index (κ3) is 6.75. The van der Waals surface area contributed by atoms with E-state index < -0.39 is 0 Å². The minimum atomic E-state index is -0.184. The van der Waals surface area contributed by atoms with Gasteiger partial charge in [-0.3, -0.25) is 0 Å². The number of halogens is 1. The number of carbonyl (C=O) groups is 1. The summed E-state index contributed by atoms with van der Waals surface area (Å²) in [5.74, 6) is 2.07. The summed E-state index contributed by atoms with van der Waals surface area (Å²) >= 11 is 0. The Hall–Kier alpha value is -3.23. The summed E-state index contributed by atoms with van der Waals surface area (Å²) in [7, 11) is 1.75. The first-order valence-electron chi connectivity index (χ1n) is 16.8. The van der Waals surface area contributed by atoms with Gasteiger partial charge < -0.3 is 29.5 Å². The Bertz CT molecular complexity index is 1500. The Morgan fingerprint density at radius 3 is 2.24 bits per heavy atom. The van der Waals surface area contributed by atoms with Gasteiger partial charge in [-0.2, -0.15) is 0 Å². The van der Waals surface area contributed by atoms with Crippen molar-refractivity contribution < 1.29 is 24.5 Å². The van der Waals surface area contributed by atoms with Crippen LogP contribution in [0.5, 0.6) is 17.2 Å². The van der Waals surface area contributed by atoms with Crippen LogP contribution >= 0.6 is 17.0 Å². The first kappa shape index (κ1) is 34.1. The second-order valence-corrected chi connectivity index (χ2v) is 13.1. The van der Waals surface area contributed by atoms with Gasteiger partial charge in [0.05, 0.1) is 7.11 Å². The third-order valence-electron chi connectivity index (χ3n) is 10.7. The molecule has 248 valence electrons. The Morgan fingerprint density at radius 2 is 1.50 bits per heavy atom. The Morgan fingerprint density at radius 1 is 0.848 bits per heavy atom. The summed E-state index contributed by atoms with van der Waals surface area (Å²) < 4.78 is 11.3. The summed E-state index contributed by atoms with van der Waals surface area (Å²) in [6, 6.07) is 18.8. The van der Waals surface area contributed by atoms with Gasteiger partial charge in [-0.25, -0.2) is 4.79 Å². The van der Waals surface area contributed by atoms with Crippen LogP contribution in [0.2, 0.25) is 0 Å². The molecule has 2 aliphatic heterocycles. The molecule has 2 N–H and O–H groups in total. The monoisotopic (exact) mass is 692 g/mol. The molecule has 0 aromatic heterocycles. The molecule has 2 saturated heterocycles. The highest BCUT2D eigenvalue weighted by molar-refractivity contribution is 8.93. The minimum Gasteiger partial charge on any atom is -0.504 e. The molecule has 0 spiro atoms. The zero-order valence-electron chi connectivity index (χ0n) is 27.4. The number of fused-ring (bicyclic) bond motifs is 6. The maximum absolute atomic E-state index is 12.8. The standard InChI is InChI=1S/C23H27NO3.C15H21NO2.BrH/c1-16-10-11-18-19-9-6-14-24(21(19)13-12-20(18)22(16)26-2)23(25)27-15-17-7-4-3-5-8-17;1-2-16-9-3-4-11-10-6-8-14(17)15(18)12(10)5-7-13(11)16;/h3-5,7-8,10-11,19,21H,6,9,12-15H2,1-2H3;6,8,11,13,17-18H,2-5,7,9H2,1H3;1H/t19-,21-;11-,13-;/m00./s1. The van der Waals surface area contributed by atoms with E-state index >= 15 is 0 Å². The Balaban J connectivity index is 0.000000191. The molecule has 0 unspecified atom stereocenters. The van der Waals surface area contributed by atoms with Gasteiger partial charge in [0.1, 0.15) is 12.4 Å². The molecule has 46 heavy (non-hydrogen) atoms. The van der Waals surface area contributed by atoms with Gasteiger partial charge in [0.15, 0.2) is 11.5 Å². The van der Waals surface area contributed by atoms with Crippen LogP contribution in [0.1, 0.15) is 90.7 Å². The molecule has 4 aliphatic rings. The number of amides is 1. The molecule has 0 radical (unpaired) electrons. The number of nitrogens with zero attached hydrogens (tertiary/aromatic N) is 2. The predicted molar refractivity (Wildman–Crippen MR) is 187 cm³/mol. The number of carbonyl (C=O) groups excluding carboxylic acids is 1. The second-order valence-electron chi connectivity index (χ2n) is 13.1. The SMILES string of the molecule is Br.CCN1CCC[C@H]2c3ccc(O)c(O)c3CC[C@@H]21.COc1c(C)ccc2c1CC[C@H]1[C@H]2CCCN1C(=O)OCc1ccccc1. The Kier molecular flexibility index (Phi) is 11.2. The molecule has 8 heteroatoms. The number of ether oxygens (including phenoxy) is 2. The van der Waals surface area contributed by atoms with Gasteiger partial charge >= 0.3 is 6.09 Å². The van der Waals surface area contributed by atoms with E-state index in [1.165, 1.54) is 41.6 Å². The smallest absolute Gasteiger partial charge is 0.410 e. The summed E-state index contributed by atoms with van der Waals surface area (Å²) in [6.45, 7) is 7.76. The predicted octanol–water partition coefficient (Wildman–Crippen LogP) is 8.02. The number of rotatable bonds is 4. The Labute approximate surface area is 284 Å². The fourth-order valence-electron chi connectivity index (χ4n) is 8.56. The molecule has 2 heterocycles. The van der Waals surface area contributed by atoms with Gasteiger partial charge in [-0.05, 0) is 111 Å². The molecule has 2 aliphatic carbocycles. The zero-order chi connectivity index (χ0) is 31.5. The lowest BCUT2D eigenvalue weighted by atomic mass is 9.73. The number of phenolic OH excluding ortho intramolecular Hbond substituents is 2. The van der Waals surface area contributed by atoms with Crippen molar-refractivity contribution in [1.29, 1.82) is 0 Å². The number of aryl methyl sites for hydroxylation is 1. The van der Waals surface area contributed by atoms with Gasteiger partial charge in [0.2, 0.25) is 0 Å². The molecule has 7 rings (SSSR count). The van der Waals surface area contributed by atoms with Crippen molar-refractivity contribution in [3.63, 3.8) is 0 Å². The maximum atomic E-state index is 12.8. The van der Waals surface area contributed by atoms with Crippen molar-refractivity contribution in [3.8, 4) is 17.2 Å². The minimum absolute atomic E-state index is 0. The highest BCUT2D eigenvalue weighted by Gasteiger charge is 2.40. The van der Waals surface area contributed by atoms with Gasteiger partial charge in [-0.1, -0.05) is 55.5 Å². The number of benzene rings is 3. The average Bonchev–Trinajstić information content (AvgIpc) is 3.08. The normalized spacial score (nSPS) is 23.2. The quantitative estimate of drug-likeness (QED) is 0.270. The van der Waals surface area contributed by atoms with Crippen LogP contribution in [-0.2, 0) is 24.2 Å². The molecule has 3 aromatic carbocycles. The molecule has 0 bridgehead atoms. The van der Waals surface area contributed by atoms with Crippen molar-refractivity contribution in [2.75, 3.05) is 26.7 Å². The van der Waals surface area contributed by atoms with E-state index in [1.54, 1.807) is 13.2 Å². The first-order valence-corrected chi connectivity index (χ1v) is 16.8. The van der Waals surface area contributed by atoms with Crippen LogP contribution in [0.4, 0.5) is 4.79 Å². The van der Waals surface area contributed by atoms with Gasteiger partial charge in [-0.15, -0.1) is 17.0 Å². The number of hydrogen-bond acceptors (Lipinski definition) is 6. The number of piperidine rings is 2. The molecule has 7 nitrogen and oxygen atoms in total. The highest BCUT2D eigenvalue weighted by atomic mass is 79.9. The van der Waals surface area contributed by atoms with E-state index in [0.29, 0.717) is 24.5 Å². The number of phenols is 2. The largest absolute Gasteiger partial charge is 0.504 e. The summed E-state index contributed by atoms with van der Waals surface area (Å²) in [5.41, 5.74) is 7.14. The van der Waals surface area contributed by atoms with Gasteiger partial charge in [0, 0.05) is 30.1 Å². The van der Waals surface area contributed by atoms with E-state index in [4.69, 9.17) is 9.47 Å². The van der Waals surface area contributed by atoms with Crippen LogP contribution in [0.15, 0.2) is 54.6 Å². The van der Waals surface area contributed by atoms with Crippen molar-refractivity contribution >= 4 is 23.1 Å². The fourth-order valence-corrected chi connectivity index (χ4v) is 8.56. The number of aromatic hydroxyl groups is 2. The van der Waals surface area contributed by atoms with Crippen LogP contribution in [0, 0.1) is 6.92 Å².